The monoisotopic (exact) mass is 250 g/mol. The van der Waals surface area contributed by atoms with Gasteiger partial charge in [0, 0.05) is 13.2 Å². The second-order valence-electron chi connectivity index (χ2n) is 1.86. The number of aliphatic hydroxyl groups is 2. The van der Waals surface area contributed by atoms with Crippen molar-refractivity contribution in [2.75, 3.05) is 13.2 Å². The molecule has 0 aliphatic carbocycles. The van der Waals surface area contributed by atoms with Crippen LogP contribution in [0.5, 0.6) is 0 Å². The van der Waals surface area contributed by atoms with Gasteiger partial charge in [-0.2, -0.15) is 0 Å². The van der Waals surface area contributed by atoms with Crippen molar-refractivity contribution in [1.82, 2.24) is 0 Å². The number of hydrogen-bond acceptors (Lipinski definition) is 2. The van der Waals surface area contributed by atoms with E-state index in [1.54, 1.807) is 0 Å². The van der Waals surface area contributed by atoms with Gasteiger partial charge < -0.3 is 10.2 Å². The molecule has 0 rings (SSSR count). The molecule has 3 heteroatoms. The van der Waals surface area contributed by atoms with Gasteiger partial charge in [0.25, 0.3) is 0 Å². The third-order valence-electron chi connectivity index (χ3n) is 1.07. The van der Waals surface area contributed by atoms with Crippen molar-refractivity contribution in [2.24, 2.45) is 0 Å². The van der Waals surface area contributed by atoms with Crippen LogP contribution >= 0.6 is 0 Å². The average molecular weight is 248 g/mol. The zero-order valence-corrected chi connectivity index (χ0v) is 8.49. The molecule has 9 heavy (non-hydrogen) atoms. The van der Waals surface area contributed by atoms with Gasteiger partial charge in [-0.15, -0.1) is 0 Å². The molecule has 0 heterocycles. The third-order valence-corrected chi connectivity index (χ3v) is 1.07. The van der Waals surface area contributed by atoms with E-state index in [2.05, 4.69) is 0 Å². The molecule has 0 saturated carbocycles. The topological polar surface area (TPSA) is 40.5 Å². The van der Waals surface area contributed by atoms with Gasteiger partial charge in [-0.05, 0) is 12.8 Å². The number of unbranched alkanes of at least 4 members (excludes halogenated alkanes) is 3. The maximum atomic E-state index is 8.30. The van der Waals surface area contributed by atoms with Gasteiger partial charge in [0.05, 0.1) is 0 Å². The molecule has 0 aliphatic rings. The van der Waals surface area contributed by atoms with E-state index in [9.17, 15) is 0 Å². The molecule has 0 aromatic heterocycles. The predicted molar refractivity (Wildman–Crippen MR) is 41.2 cm³/mol. The molecule has 0 aromatic carbocycles. The zero-order chi connectivity index (χ0) is 6.24. The number of hydrogen-bond donors (Lipinski definition) is 2. The van der Waals surface area contributed by atoms with Gasteiger partial charge in [-0.25, -0.2) is 0 Å². The number of rotatable bonds is 5. The van der Waals surface area contributed by atoms with Crippen molar-refractivity contribution >= 4 is 23.7 Å². The van der Waals surface area contributed by atoms with Crippen LogP contribution in [-0.4, -0.2) is 47.1 Å². The summed E-state index contributed by atoms with van der Waals surface area (Å²) in [6.45, 7) is 0.566. The Bertz CT molecular complexity index is 36.0. The van der Waals surface area contributed by atoms with Gasteiger partial charge in [0.15, 0.2) is 0 Å². The summed E-state index contributed by atoms with van der Waals surface area (Å²) in [5.74, 6) is 0. The molecule has 0 saturated heterocycles. The molecule has 0 aliphatic heterocycles. The molecule has 58 valence electrons. The van der Waals surface area contributed by atoms with Crippen LogP contribution < -0.4 is 0 Å². The molecular formula is C6H16O2Te. The summed E-state index contributed by atoms with van der Waals surface area (Å²) in [6.07, 6.45) is 3.83. The van der Waals surface area contributed by atoms with Crippen LogP contribution in [0.15, 0.2) is 0 Å². The second-order valence-corrected chi connectivity index (χ2v) is 1.86. The zero-order valence-electron chi connectivity index (χ0n) is 5.64. The Kier molecular flexibility index (Phi) is 15.8. The summed E-state index contributed by atoms with van der Waals surface area (Å²) >= 11 is 0. The van der Waals surface area contributed by atoms with Gasteiger partial charge in [0.1, 0.15) is 0 Å². The Labute approximate surface area is 73.0 Å². The summed E-state index contributed by atoms with van der Waals surface area (Å²) in [7, 11) is 0. The predicted octanol–water partition coefficient (Wildman–Crippen LogP) is -0.385. The first-order chi connectivity index (χ1) is 3.91. The van der Waals surface area contributed by atoms with Gasteiger partial charge >= 0.3 is 23.7 Å². The summed E-state index contributed by atoms with van der Waals surface area (Å²) in [4.78, 5) is 0. The minimum absolute atomic E-state index is 0. The standard InChI is InChI=1S/C6H14O2.H2Te/c7-5-3-1-2-4-6-8;/h7-8H,1-6H2;1H2. The SMILES string of the molecule is OCCCCCCO.[TeH2]. The van der Waals surface area contributed by atoms with E-state index in [1.807, 2.05) is 0 Å². The third kappa shape index (κ3) is 12.0. The van der Waals surface area contributed by atoms with Crippen molar-refractivity contribution in [3.8, 4) is 0 Å². The van der Waals surface area contributed by atoms with Crippen molar-refractivity contribution in [3.05, 3.63) is 0 Å². The molecular weight excluding hydrogens is 232 g/mol. The average Bonchev–Trinajstić information content (AvgIpc) is 1.81. The van der Waals surface area contributed by atoms with Crippen LogP contribution in [0.3, 0.4) is 0 Å². The Balaban J connectivity index is 0. The van der Waals surface area contributed by atoms with Crippen LogP contribution in [0.2, 0.25) is 0 Å². The van der Waals surface area contributed by atoms with Crippen LogP contribution in [0, 0.1) is 0 Å². The van der Waals surface area contributed by atoms with Gasteiger partial charge in [-0.3, -0.25) is 0 Å². The van der Waals surface area contributed by atoms with E-state index in [1.165, 1.54) is 0 Å². The summed E-state index contributed by atoms with van der Waals surface area (Å²) in [5, 5.41) is 16.6. The molecule has 0 spiro atoms. The normalized spacial score (nSPS) is 8.67. The summed E-state index contributed by atoms with van der Waals surface area (Å²) in [5.41, 5.74) is 0. The first-order valence-electron chi connectivity index (χ1n) is 3.13. The second kappa shape index (κ2) is 11.5. The van der Waals surface area contributed by atoms with E-state index >= 15 is 0 Å². The fourth-order valence-corrected chi connectivity index (χ4v) is 0.577. The van der Waals surface area contributed by atoms with E-state index in [0.717, 1.165) is 25.7 Å². The molecule has 0 unspecified atom stereocenters. The van der Waals surface area contributed by atoms with Crippen molar-refractivity contribution < 1.29 is 10.2 Å². The van der Waals surface area contributed by atoms with Crippen molar-refractivity contribution in [1.29, 1.82) is 0 Å². The van der Waals surface area contributed by atoms with E-state index in [4.69, 9.17) is 10.2 Å². The quantitative estimate of drug-likeness (QED) is 0.514. The minimum atomic E-state index is 0. The van der Waals surface area contributed by atoms with E-state index in [0.29, 0.717) is 0 Å². The van der Waals surface area contributed by atoms with E-state index in [-0.39, 0.29) is 36.9 Å². The molecule has 2 N–H and O–H groups in total. The molecule has 0 amide bonds. The molecule has 0 aromatic rings. The Morgan fingerprint density at radius 3 is 1.22 bits per heavy atom. The van der Waals surface area contributed by atoms with Crippen molar-refractivity contribution in [3.63, 3.8) is 0 Å². The van der Waals surface area contributed by atoms with Gasteiger partial charge in [0.2, 0.25) is 0 Å². The Morgan fingerprint density at radius 1 is 0.667 bits per heavy atom. The maximum absolute atomic E-state index is 8.30. The molecule has 2 nitrogen and oxygen atoms in total. The van der Waals surface area contributed by atoms with Crippen molar-refractivity contribution in [2.45, 2.75) is 25.7 Å². The fraction of sp³-hybridized carbons (Fsp3) is 1.00. The van der Waals surface area contributed by atoms with Crippen LogP contribution in [-0.2, 0) is 0 Å². The number of aliphatic hydroxyl groups excluding tert-OH is 2. The molecule has 0 radical (unpaired) electrons. The molecule has 0 fully saturated rings. The fourth-order valence-electron chi connectivity index (χ4n) is 0.577. The molecule has 0 atom stereocenters. The summed E-state index contributed by atoms with van der Waals surface area (Å²) in [6, 6.07) is 0. The Hall–Kier alpha value is 0.710. The first-order valence-corrected chi connectivity index (χ1v) is 3.13. The Morgan fingerprint density at radius 2 is 1.00 bits per heavy atom. The van der Waals surface area contributed by atoms with E-state index < -0.39 is 0 Å². The summed E-state index contributed by atoms with van der Waals surface area (Å²) < 4.78 is 0. The van der Waals surface area contributed by atoms with Crippen LogP contribution in [0.4, 0.5) is 0 Å². The van der Waals surface area contributed by atoms with Crippen LogP contribution in [0.25, 0.3) is 0 Å². The molecule has 0 bridgehead atoms. The van der Waals surface area contributed by atoms with Gasteiger partial charge in [-0.1, -0.05) is 12.8 Å². The first kappa shape index (κ1) is 12.4. The van der Waals surface area contributed by atoms with Crippen LogP contribution in [0.1, 0.15) is 25.7 Å².